The molecule has 0 spiro atoms. The molecule has 2 rings (SSSR count). The van der Waals surface area contributed by atoms with Crippen LogP contribution in [0.2, 0.25) is 0 Å². The maximum atomic E-state index is 4.50. The van der Waals surface area contributed by atoms with Gasteiger partial charge in [-0.3, -0.25) is 4.98 Å². The summed E-state index contributed by atoms with van der Waals surface area (Å²) in [6, 6.07) is 8.68. The first-order chi connectivity index (χ1) is 7.15. The maximum absolute atomic E-state index is 4.50. The molecule has 0 saturated carbocycles. The summed E-state index contributed by atoms with van der Waals surface area (Å²) in [5, 5.41) is 1.25. The Hall–Kier alpha value is -1.37. The van der Waals surface area contributed by atoms with Gasteiger partial charge >= 0.3 is 0 Å². The van der Waals surface area contributed by atoms with Gasteiger partial charge in [0.2, 0.25) is 0 Å². The van der Waals surface area contributed by atoms with Crippen LogP contribution < -0.4 is 0 Å². The highest BCUT2D eigenvalue weighted by Gasteiger charge is 2.00. The van der Waals surface area contributed by atoms with Crippen LogP contribution in [0.4, 0.5) is 0 Å². The Morgan fingerprint density at radius 3 is 2.73 bits per heavy atom. The Kier molecular flexibility index (Phi) is 2.72. The quantitative estimate of drug-likeness (QED) is 0.718. The van der Waals surface area contributed by atoms with Crippen LogP contribution in [-0.2, 0) is 6.42 Å². The molecule has 78 valence electrons. The zero-order valence-corrected chi connectivity index (χ0v) is 9.62. The van der Waals surface area contributed by atoms with Crippen LogP contribution in [0, 0.1) is 12.8 Å². The summed E-state index contributed by atoms with van der Waals surface area (Å²) in [6.07, 6.45) is 3.11. The van der Waals surface area contributed by atoms with Crippen molar-refractivity contribution >= 4 is 10.9 Å². The van der Waals surface area contributed by atoms with E-state index in [1.807, 2.05) is 6.20 Å². The number of hydrogen-bond acceptors (Lipinski definition) is 1. The van der Waals surface area contributed by atoms with Crippen molar-refractivity contribution in [2.45, 2.75) is 27.2 Å². The smallest absolute Gasteiger partial charge is 0.0704 e. The van der Waals surface area contributed by atoms with Gasteiger partial charge in [-0.25, -0.2) is 0 Å². The van der Waals surface area contributed by atoms with E-state index in [0.717, 1.165) is 11.9 Å². The van der Waals surface area contributed by atoms with Crippen molar-refractivity contribution in [3.8, 4) is 0 Å². The van der Waals surface area contributed by atoms with Crippen LogP contribution in [0.1, 0.15) is 25.0 Å². The van der Waals surface area contributed by atoms with E-state index in [1.54, 1.807) is 0 Å². The average molecular weight is 199 g/mol. The number of nitrogens with zero attached hydrogens (tertiary/aromatic N) is 1. The van der Waals surface area contributed by atoms with Crippen molar-refractivity contribution in [2.75, 3.05) is 0 Å². The second-order valence-electron chi connectivity index (χ2n) is 4.64. The molecule has 0 radical (unpaired) electrons. The van der Waals surface area contributed by atoms with Crippen LogP contribution in [0.15, 0.2) is 30.5 Å². The Bertz CT molecular complexity index is 472. The first-order valence-electron chi connectivity index (χ1n) is 5.50. The molecule has 1 heterocycles. The Labute approximate surface area is 91.2 Å². The lowest BCUT2D eigenvalue weighted by atomic mass is 10.0. The molecule has 0 aliphatic carbocycles. The SMILES string of the molecule is Cc1ccc2cc(CC(C)C)cnc2c1. The number of benzene rings is 1. The van der Waals surface area contributed by atoms with Gasteiger partial charge < -0.3 is 0 Å². The average Bonchev–Trinajstić information content (AvgIpc) is 2.17. The summed E-state index contributed by atoms with van der Waals surface area (Å²) >= 11 is 0. The minimum absolute atomic E-state index is 0.690. The molecule has 1 aromatic carbocycles. The number of pyridine rings is 1. The van der Waals surface area contributed by atoms with E-state index >= 15 is 0 Å². The van der Waals surface area contributed by atoms with Gasteiger partial charge in [0.25, 0.3) is 0 Å². The first-order valence-corrected chi connectivity index (χ1v) is 5.50. The highest BCUT2D eigenvalue weighted by atomic mass is 14.6. The van der Waals surface area contributed by atoms with Gasteiger partial charge in [0.15, 0.2) is 0 Å². The fourth-order valence-electron chi connectivity index (χ4n) is 1.86. The van der Waals surface area contributed by atoms with E-state index in [9.17, 15) is 0 Å². The molecule has 1 nitrogen and oxygen atoms in total. The Morgan fingerprint density at radius 2 is 2.00 bits per heavy atom. The van der Waals surface area contributed by atoms with E-state index in [2.05, 4.69) is 50.0 Å². The minimum Gasteiger partial charge on any atom is -0.256 e. The topological polar surface area (TPSA) is 12.9 Å². The van der Waals surface area contributed by atoms with E-state index in [4.69, 9.17) is 0 Å². The number of rotatable bonds is 2. The van der Waals surface area contributed by atoms with Crippen LogP contribution in [0.25, 0.3) is 10.9 Å². The minimum atomic E-state index is 0.690. The van der Waals surface area contributed by atoms with Crippen LogP contribution in [0.3, 0.4) is 0 Å². The zero-order chi connectivity index (χ0) is 10.8. The largest absolute Gasteiger partial charge is 0.256 e. The predicted octanol–water partition coefficient (Wildman–Crippen LogP) is 3.74. The molecule has 0 amide bonds. The highest BCUT2D eigenvalue weighted by Crippen LogP contribution is 2.16. The molecule has 2 aromatic rings. The monoisotopic (exact) mass is 199 g/mol. The molecular weight excluding hydrogens is 182 g/mol. The molecule has 0 saturated heterocycles. The molecule has 0 aliphatic rings. The van der Waals surface area contributed by atoms with Crippen LogP contribution >= 0.6 is 0 Å². The number of hydrogen-bond donors (Lipinski definition) is 0. The molecule has 0 unspecified atom stereocenters. The number of aromatic nitrogens is 1. The third-order valence-electron chi connectivity index (χ3n) is 2.54. The number of aryl methyl sites for hydroxylation is 1. The normalized spacial score (nSPS) is 11.2. The fourth-order valence-corrected chi connectivity index (χ4v) is 1.86. The predicted molar refractivity (Wildman–Crippen MR) is 65.0 cm³/mol. The van der Waals surface area contributed by atoms with E-state index in [-0.39, 0.29) is 0 Å². The highest BCUT2D eigenvalue weighted by molar-refractivity contribution is 5.79. The summed E-state index contributed by atoms with van der Waals surface area (Å²) in [5.74, 6) is 0.690. The van der Waals surface area contributed by atoms with E-state index in [1.165, 1.54) is 16.5 Å². The van der Waals surface area contributed by atoms with Crippen molar-refractivity contribution in [3.63, 3.8) is 0 Å². The van der Waals surface area contributed by atoms with Crippen LogP contribution in [-0.4, -0.2) is 4.98 Å². The van der Waals surface area contributed by atoms with E-state index in [0.29, 0.717) is 5.92 Å². The number of fused-ring (bicyclic) bond motifs is 1. The van der Waals surface area contributed by atoms with E-state index < -0.39 is 0 Å². The van der Waals surface area contributed by atoms with Crippen molar-refractivity contribution in [1.29, 1.82) is 0 Å². The van der Waals surface area contributed by atoms with Crippen molar-refractivity contribution < 1.29 is 0 Å². The summed E-state index contributed by atoms with van der Waals surface area (Å²) in [7, 11) is 0. The lowest BCUT2D eigenvalue weighted by molar-refractivity contribution is 0.646. The molecular formula is C14H17N. The van der Waals surface area contributed by atoms with Gasteiger partial charge in [-0.05, 0) is 42.5 Å². The molecule has 0 aliphatic heterocycles. The van der Waals surface area contributed by atoms with Crippen molar-refractivity contribution in [2.24, 2.45) is 5.92 Å². The van der Waals surface area contributed by atoms with Gasteiger partial charge in [-0.1, -0.05) is 26.0 Å². The molecule has 1 heteroatoms. The van der Waals surface area contributed by atoms with Crippen molar-refractivity contribution in [1.82, 2.24) is 4.98 Å². The third-order valence-corrected chi connectivity index (χ3v) is 2.54. The van der Waals surface area contributed by atoms with Gasteiger partial charge in [-0.2, -0.15) is 0 Å². The molecule has 0 N–H and O–H groups in total. The summed E-state index contributed by atoms with van der Waals surface area (Å²) < 4.78 is 0. The zero-order valence-electron chi connectivity index (χ0n) is 9.62. The van der Waals surface area contributed by atoms with Gasteiger partial charge in [0.1, 0.15) is 0 Å². The van der Waals surface area contributed by atoms with Crippen molar-refractivity contribution in [3.05, 3.63) is 41.6 Å². The molecule has 0 bridgehead atoms. The lowest BCUT2D eigenvalue weighted by Crippen LogP contribution is -1.95. The molecule has 1 aromatic heterocycles. The summed E-state index contributed by atoms with van der Waals surface area (Å²) in [5.41, 5.74) is 3.70. The van der Waals surface area contributed by atoms with Gasteiger partial charge in [-0.15, -0.1) is 0 Å². The van der Waals surface area contributed by atoms with Gasteiger partial charge in [0.05, 0.1) is 5.52 Å². The summed E-state index contributed by atoms with van der Waals surface area (Å²) in [4.78, 5) is 4.50. The molecule has 0 atom stereocenters. The summed E-state index contributed by atoms with van der Waals surface area (Å²) in [6.45, 7) is 6.57. The standard InChI is InChI=1S/C14H17N/c1-10(2)6-12-8-13-5-4-11(3)7-14(13)15-9-12/h4-5,7-10H,6H2,1-3H3. The Morgan fingerprint density at radius 1 is 1.20 bits per heavy atom. The van der Waals surface area contributed by atoms with Crippen LogP contribution in [0.5, 0.6) is 0 Å². The third kappa shape index (κ3) is 2.35. The second kappa shape index (κ2) is 4.01. The second-order valence-corrected chi connectivity index (χ2v) is 4.64. The Balaban J connectivity index is 2.43. The first kappa shape index (κ1) is 10.2. The van der Waals surface area contributed by atoms with Gasteiger partial charge in [0, 0.05) is 11.6 Å². The lowest BCUT2D eigenvalue weighted by Gasteiger charge is -2.06. The molecule has 15 heavy (non-hydrogen) atoms. The molecule has 0 fully saturated rings. The maximum Gasteiger partial charge on any atom is 0.0704 e. The fraction of sp³-hybridized carbons (Fsp3) is 0.357.